The molecule has 0 radical (unpaired) electrons. The molecule has 0 saturated carbocycles. The molecule has 0 N–H and O–H groups in total. The third kappa shape index (κ3) is 3.25. The van der Waals surface area contributed by atoms with Crippen LogP contribution in [0.3, 0.4) is 0 Å². The number of anilines is 1. The van der Waals surface area contributed by atoms with Crippen molar-refractivity contribution in [2.24, 2.45) is 5.41 Å². The van der Waals surface area contributed by atoms with Crippen molar-refractivity contribution in [1.29, 1.82) is 0 Å². The van der Waals surface area contributed by atoms with Gasteiger partial charge in [-0.05, 0) is 36.8 Å². The van der Waals surface area contributed by atoms with Gasteiger partial charge in [0.15, 0.2) is 0 Å². The average molecular weight is 326 g/mol. The number of hydrogen-bond donors (Lipinski definition) is 0. The molecule has 106 valence electrons. The molecule has 0 aromatic heterocycles. The molecule has 0 saturated heterocycles. The van der Waals surface area contributed by atoms with Gasteiger partial charge in [-0.15, -0.1) is 0 Å². The van der Waals surface area contributed by atoms with Crippen LogP contribution in [0, 0.1) is 5.41 Å². The average Bonchev–Trinajstić information content (AvgIpc) is 2.67. The van der Waals surface area contributed by atoms with Crippen LogP contribution in [0.2, 0.25) is 0 Å². The third-order valence-electron chi connectivity index (χ3n) is 4.35. The van der Waals surface area contributed by atoms with Crippen molar-refractivity contribution in [1.82, 2.24) is 0 Å². The Morgan fingerprint density at radius 1 is 1.26 bits per heavy atom. The predicted octanol–water partition coefficient (Wildman–Crippen LogP) is 4.48. The molecule has 0 spiro atoms. The van der Waals surface area contributed by atoms with Gasteiger partial charge in [0.2, 0.25) is 0 Å². The summed E-state index contributed by atoms with van der Waals surface area (Å²) in [7, 11) is 0. The number of nitrogens with zero attached hydrogens (tertiary/aromatic N) is 1. The second-order valence-corrected chi connectivity index (χ2v) is 5.99. The van der Waals surface area contributed by atoms with E-state index in [0.29, 0.717) is 5.41 Å². The molecule has 0 aliphatic carbocycles. The zero-order valence-electron chi connectivity index (χ0n) is 12.0. The molecular weight excluding hydrogens is 302 g/mol. The van der Waals surface area contributed by atoms with Gasteiger partial charge in [-0.1, -0.05) is 41.9 Å². The van der Waals surface area contributed by atoms with Gasteiger partial charge >= 0.3 is 0 Å². The van der Waals surface area contributed by atoms with Crippen LogP contribution in [-0.4, -0.2) is 25.0 Å². The normalized spacial score (nSPS) is 15.6. The molecule has 1 aliphatic rings. The van der Waals surface area contributed by atoms with Gasteiger partial charge in [-0.2, -0.15) is 0 Å². The number of para-hydroxylation sites is 2. The number of ether oxygens (including phenoxy) is 1. The van der Waals surface area contributed by atoms with Crippen molar-refractivity contribution >= 4 is 21.6 Å². The molecule has 0 fully saturated rings. The summed E-state index contributed by atoms with van der Waals surface area (Å²) in [5.74, 6) is 1.04. The number of hydrogen-bond acceptors (Lipinski definition) is 2. The molecule has 0 atom stereocenters. The highest BCUT2D eigenvalue weighted by Gasteiger charge is 2.29. The number of halogens is 1. The Hall–Kier alpha value is -0.700. The van der Waals surface area contributed by atoms with Gasteiger partial charge in [0.1, 0.15) is 5.75 Å². The van der Waals surface area contributed by atoms with Crippen molar-refractivity contribution in [2.45, 2.75) is 33.1 Å². The van der Waals surface area contributed by atoms with Crippen LogP contribution < -0.4 is 9.64 Å². The fraction of sp³-hybridized carbons (Fsp3) is 0.625. The van der Waals surface area contributed by atoms with Gasteiger partial charge in [0.25, 0.3) is 0 Å². The smallest absolute Gasteiger partial charge is 0.142 e. The van der Waals surface area contributed by atoms with Crippen molar-refractivity contribution in [3.05, 3.63) is 24.3 Å². The van der Waals surface area contributed by atoms with Gasteiger partial charge in [-0.3, -0.25) is 0 Å². The maximum absolute atomic E-state index is 5.84. The van der Waals surface area contributed by atoms with E-state index in [1.54, 1.807) is 0 Å². The van der Waals surface area contributed by atoms with Crippen LogP contribution in [0.15, 0.2) is 24.3 Å². The van der Waals surface area contributed by atoms with E-state index in [1.165, 1.54) is 18.5 Å². The van der Waals surface area contributed by atoms with Crippen LogP contribution in [0.25, 0.3) is 0 Å². The first-order valence-electron chi connectivity index (χ1n) is 7.27. The molecule has 0 amide bonds. The highest BCUT2D eigenvalue weighted by Crippen LogP contribution is 2.36. The van der Waals surface area contributed by atoms with Gasteiger partial charge in [0, 0.05) is 18.4 Å². The van der Waals surface area contributed by atoms with E-state index >= 15 is 0 Å². The topological polar surface area (TPSA) is 12.5 Å². The second-order valence-electron chi connectivity index (χ2n) is 5.43. The molecule has 2 rings (SSSR count). The fourth-order valence-corrected chi connectivity index (χ4v) is 3.64. The first kappa shape index (κ1) is 14.7. The summed E-state index contributed by atoms with van der Waals surface area (Å²) in [4.78, 5) is 2.51. The maximum Gasteiger partial charge on any atom is 0.142 e. The lowest BCUT2D eigenvalue weighted by Gasteiger charge is -2.37. The molecule has 19 heavy (non-hydrogen) atoms. The summed E-state index contributed by atoms with van der Waals surface area (Å²) in [6, 6.07) is 8.43. The second kappa shape index (κ2) is 6.65. The first-order chi connectivity index (χ1) is 9.24. The standard InChI is InChI=1S/C16H24BrNO/c1-3-16(4-2,12-17)13-18-10-7-11-19-15-9-6-5-8-14(15)18/h5-6,8-9H,3-4,7,10-13H2,1-2H3. The van der Waals surface area contributed by atoms with Gasteiger partial charge < -0.3 is 9.64 Å². The Balaban J connectivity index is 2.24. The molecule has 3 heteroatoms. The van der Waals surface area contributed by atoms with E-state index in [2.05, 4.69) is 58.9 Å². The van der Waals surface area contributed by atoms with Gasteiger partial charge in [0.05, 0.1) is 12.3 Å². The fourth-order valence-electron chi connectivity index (χ4n) is 2.67. The summed E-state index contributed by atoms with van der Waals surface area (Å²) >= 11 is 3.72. The van der Waals surface area contributed by atoms with E-state index in [1.807, 2.05) is 0 Å². The Morgan fingerprint density at radius 2 is 2.00 bits per heavy atom. The zero-order chi connectivity index (χ0) is 13.7. The molecule has 1 heterocycles. The Morgan fingerprint density at radius 3 is 2.68 bits per heavy atom. The molecule has 0 bridgehead atoms. The van der Waals surface area contributed by atoms with Gasteiger partial charge in [-0.25, -0.2) is 0 Å². The minimum absolute atomic E-state index is 0.359. The molecule has 1 aliphatic heterocycles. The summed E-state index contributed by atoms with van der Waals surface area (Å²) in [6.45, 7) is 7.61. The third-order valence-corrected chi connectivity index (χ3v) is 5.54. The van der Waals surface area contributed by atoms with Crippen LogP contribution in [-0.2, 0) is 0 Å². The largest absolute Gasteiger partial charge is 0.491 e. The SMILES string of the molecule is CCC(CC)(CBr)CN1CCCOc2ccccc21. The first-order valence-corrected chi connectivity index (χ1v) is 8.39. The molecule has 2 nitrogen and oxygen atoms in total. The molecule has 1 aromatic carbocycles. The summed E-state index contributed by atoms with van der Waals surface area (Å²) < 4.78 is 5.84. The van der Waals surface area contributed by atoms with E-state index in [0.717, 1.165) is 37.2 Å². The quantitative estimate of drug-likeness (QED) is 0.740. The number of benzene rings is 1. The van der Waals surface area contributed by atoms with Crippen molar-refractivity contribution in [2.75, 3.05) is 29.9 Å². The number of rotatable bonds is 5. The number of alkyl halides is 1. The minimum atomic E-state index is 0.359. The Kier molecular flexibility index (Phi) is 5.14. The van der Waals surface area contributed by atoms with E-state index in [9.17, 15) is 0 Å². The van der Waals surface area contributed by atoms with Crippen LogP contribution in [0.1, 0.15) is 33.1 Å². The van der Waals surface area contributed by atoms with E-state index < -0.39 is 0 Å². The van der Waals surface area contributed by atoms with E-state index in [4.69, 9.17) is 4.74 Å². The lowest BCUT2D eigenvalue weighted by molar-refractivity contribution is 0.307. The van der Waals surface area contributed by atoms with Crippen LogP contribution in [0.5, 0.6) is 5.75 Å². The monoisotopic (exact) mass is 325 g/mol. The molecular formula is C16H24BrNO. The lowest BCUT2D eigenvalue weighted by Crippen LogP contribution is -2.39. The number of fused-ring (bicyclic) bond motifs is 1. The molecule has 0 unspecified atom stereocenters. The summed E-state index contributed by atoms with van der Waals surface area (Å²) in [6.07, 6.45) is 3.50. The zero-order valence-corrected chi connectivity index (χ0v) is 13.6. The van der Waals surface area contributed by atoms with Crippen LogP contribution in [0.4, 0.5) is 5.69 Å². The Bertz CT molecular complexity index is 395. The molecule has 1 aromatic rings. The van der Waals surface area contributed by atoms with Crippen molar-refractivity contribution in [3.63, 3.8) is 0 Å². The van der Waals surface area contributed by atoms with Crippen molar-refractivity contribution in [3.8, 4) is 5.75 Å². The Labute approximate surface area is 125 Å². The van der Waals surface area contributed by atoms with E-state index in [-0.39, 0.29) is 0 Å². The highest BCUT2D eigenvalue weighted by molar-refractivity contribution is 9.09. The lowest BCUT2D eigenvalue weighted by atomic mass is 9.84. The van der Waals surface area contributed by atoms with Crippen molar-refractivity contribution < 1.29 is 4.74 Å². The maximum atomic E-state index is 5.84. The summed E-state index contributed by atoms with van der Waals surface area (Å²) in [5.41, 5.74) is 1.62. The minimum Gasteiger partial charge on any atom is -0.491 e. The highest BCUT2D eigenvalue weighted by atomic mass is 79.9. The predicted molar refractivity (Wildman–Crippen MR) is 85.6 cm³/mol. The summed E-state index contributed by atoms with van der Waals surface area (Å²) in [5, 5.41) is 1.06. The van der Waals surface area contributed by atoms with Crippen LogP contribution >= 0.6 is 15.9 Å².